The highest BCUT2D eigenvalue weighted by Gasteiger charge is 2.42. The van der Waals surface area contributed by atoms with Crippen molar-refractivity contribution >= 4 is 27.7 Å². The standard InChI is InChI=1S/C26H39N5O5S/c27-24(32)22(17-19-7-3-1-4-8-19)29-25(33)23-18-30(37(35,36)21-9-5-2-6-10-21)15-16-31(23)26(34)20-11-13-28-14-12-20/h2,5-6,9-10,19-20,22-23,28H,1,3-4,7-8,11-18H2,(H2,27,32)(H,29,33). The minimum absolute atomic E-state index is 0.0963. The highest BCUT2D eigenvalue weighted by Crippen LogP contribution is 2.28. The third-order valence-corrected chi connectivity index (χ3v) is 9.83. The number of piperazine rings is 1. The SMILES string of the molecule is NC(=O)C(CC1CCCCC1)NC(=O)C1CN(S(=O)(=O)c2ccccc2)CCN1C(=O)C1CCNCC1. The van der Waals surface area contributed by atoms with Crippen LogP contribution in [-0.2, 0) is 24.4 Å². The van der Waals surface area contributed by atoms with Gasteiger partial charge in [0.25, 0.3) is 0 Å². The molecule has 4 rings (SSSR count). The van der Waals surface area contributed by atoms with Crippen LogP contribution in [0, 0.1) is 11.8 Å². The minimum Gasteiger partial charge on any atom is -0.368 e. The number of amides is 3. The molecule has 1 saturated carbocycles. The molecule has 2 aliphatic heterocycles. The quantitative estimate of drug-likeness (QED) is 0.452. The van der Waals surface area contributed by atoms with Gasteiger partial charge in [0.05, 0.1) is 4.90 Å². The largest absolute Gasteiger partial charge is 0.368 e. The Morgan fingerprint density at radius 1 is 1.00 bits per heavy atom. The summed E-state index contributed by atoms with van der Waals surface area (Å²) in [5, 5.41) is 6.03. The van der Waals surface area contributed by atoms with Crippen molar-refractivity contribution in [2.75, 3.05) is 32.7 Å². The van der Waals surface area contributed by atoms with E-state index >= 15 is 0 Å². The molecule has 0 bridgehead atoms. The summed E-state index contributed by atoms with van der Waals surface area (Å²) >= 11 is 0. The fourth-order valence-corrected chi connectivity index (χ4v) is 7.24. The first-order chi connectivity index (χ1) is 17.8. The fraction of sp³-hybridized carbons (Fsp3) is 0.654. The average Bonchev–Trinajstić information content (AvgIpc) is 2.93. The summed E-state index contributed by atoms with van der Waals surface area (Å²) in [5.41, 5.74) is 5.67. The highest BCUT2D eigenvalue weighted by molar-refractivity contribution is 7.89. The van der Waals surface area contributed by atoms with E-state index in [0.717, 1.165) is 38.8 Å². The minimum atomic E-state index is -3.86. The van der Waals surface area contributed by atoms with E-state index in [4.69, 9.17) is 5.73 Å². The zero-order chi connectivity index (χ0) is 26.4. The number of carbonyl (C=O) groups excluding carboxylic acids is 3. The maximum absolute atomic E-state index is 13.6. The Labute approximate surface area is 219 Å². The lowest BCUT2D eigenvalue weighted by atomic mass is 9.84. The summed E-state index contributed by atoms with van der Waals surface area (Å²) in [6.45, 7) is 1.48. The van der Waals surface area contributed by atoms with Crippen molar-refractivity contribution in [3.8, 4) is 0 Å². The lowest BCUT2D eigenvalue weighted by Crippen LogP contribution is -2.64. The van der Waals surface area contributed by atoms with Gasteiger partial charge in [-0.05, 0) is 50.4 Å². The van der Waals surface area contributed by atoms with Crippen LogP contribution in [0.4, 0.5) is 0 Å². The molecule has 204 valence electrons. The van der Waals surface area contributed by atoms with E-state index in [0.29, 0.717) is 25.2 Å². The number of piperidine rings is 1. The third kappa shape index (κ3) is 6.69. The number of primary amides is 1. The Morgan fingerprint density at radius 3 is 2.32 bits per heavy atom. The van der Waals surface area contributed by atoms with Crippen LogP contribution in [0.1, 0.15) is 51.4 Å². The number of benzene rings is 1. The zero-order valence-corrected chi connectivity index (χ0v) is 22.1. The lowest BCUT2D eigenvalue weighted by molar-refractivity contribution is -0.147. The van der Waals surface area contributed by atoms with Crippen molar-refractivity contribution in [1.29, 1.82) is 0 Å². The van der Waals surface area contributed by atoms with Crippen LogP contribution in [0.25, 0.3) is 0 Å². The second kappa shape index (κ2) is 12.4. The first-order valence-corrected chi connectivity index (χ1v) is 14.9. The van der Waals surface area contributed by atoms with E-state index in [1.807, 2.05) is 0 Å². The van der Waals surface area contributed by atoms with E-state index in [2.05, 4.69) is 10.6 Å². The van der Waals surface area contributed by atoms with Crippen molar-refractivity contribution < 1.29 is 22.8 Å². The van der Waals surface area contributed by atoms with Crippen LogP contribution in [-0.4, -0.2) is 80.2 Å². The van der Waals surface area contributed by atoms with Gasteiger partial charge in [-0.2, -0.15) is 4.31 Å². The Kier molecular flexibility index (Phi) is 9.20. The molecule has 0 radical (unpaired) electrons. The Bertz CT molecular complexity index is 1050. The molecule has 3 aliphatic rings. The van der Waals surface area contributed by atoms with Crippen LogP contribution in [0.3, 0.4) is 0 Å². The van der Waals surface area contributed by atoms with Gasteiger partial charge in [0.1, 0.15) is 12.1 Å². The molecule has 1 aromatic carbocycles. The second-order valence-corrected chi connectivity index (χ2v) is 12.4. The fourth-order valence-electron chi connectivity index (χ4n) is 5.78. The molecule has 3 amide bonds. The predicted molar refractivity (Wildman–Crippen MR) is 139 cm³/mol. The first-order valence-electron chi connectivity index (χ1n) is 13.4. The summed E-state index contributed by atoms with van der Waals surface area (Å²) in [6.07, 6.45) is 7.14. The van der Waals surface area contributed by atoms with Crippen LogP contribution in [0.15, 0.2) is 35.2 Å². The zero-order valence-electron chi connectivity index (χ0n) is 21.3. The van der Waals surface area contributed by atoms with E-state index in [1.54, 1.807) is 18.2 Å². The van der Waals surface area contributed by atoms with Gasteiger partial charge in [0.15, 0.2) is 0 Å². The van der Waals surface area contributed by atoms with E-state index in [-0.39, 0.29) is 36.4 Å². The molecule has 1 aliphatic carbocycles. The number of hydrogen-bond acceptors (Lipinski definition) is 6. The molecular formula is C26H39N5O5S. The lowest BCUT2D eigenvalue weighted by Gasteiger charge is -2.42. The Balaban J connectivity index is 1.54. The summed E-state index contributed by atoms with van der Waals surface area (Å²) in [7, 11) is -3.86. The smallest absolute Gasteiger partial charge is 0.244 e. The summed E-state index contributed by atoms with van der Waals surface area (Å²) < 4.78 is 27.9. The van der Waals surface area contributed by atoms with Crippen molar-refractivity contribution in [2.45, 2.75) is 68.3 Å². The molecule has 11 heteroatoms. The summed E-state index contributed by atoms with van der Waals surface area (Å²) in [5.74, 6) is -1.20. The van der Waals surface area contributed by atoms with Crippen molar-refractivity contribution in [2.24, 2.45) is 17.6 Å². The molecule has 0 aromatic heterocycles. The average molecular weight is 534 g/mol. The predicted octanol–water partition coefficient (Wildman–Crippen LogP) is 0.828. The second-order valence-electron chi connectivity index (χ2n) is 10.5. The molecule has 4 N–H and O–H groups in total. The number of rotatable bonds is 8. The molecule has 3 fully saturated rings. The number of nitrogens with one attached hydrogen (secondary N) is 2. The molecule has 37 heavy (non-hydrogen) atoms. The van der Waals surface area contributed by atoms with Gasteiger partial charge in [0.2, 0.25) is 27.7 Å². The van der Waals surface area contributed by atoms with Gasteiger partial charge in [-0.15, -0.1) is 0 Å². The van der Waals surface area contributed by atoms with Gasteiger partial charge >= 0.3 is 0 Å². The van der Waals surface area contributed by atoms with Crippen molar-refractivity contribution in [1.82, 2.24) is 19.8 Å². The summed E-state index contributed by atoms with van der Waals surface area (Å²) in [6, 6.07) is 6.18. The molecule has 10 nitrogen and oxygen atoms in total. The number of sulfonamides is 1. The van der Waals surface area contributed by atoms with Gasteiger partial charge in [-0.3, -0.25) is 14.4 Å². The number of nitrogens with two attached hydrogens (primary N) is 1. The Hall–Kier alpha value is -2.50. The normalized spacial score (nSPS) is 23.4. The highest BCUT2D eigenvalue weighted by atomic mass is 32.2. The van der Waals surface area contributed by atoms with Gasteiger partial charge < -0.3 is 21.3 Å². The van der Waals surface area contributed by atoms with E-state index in [1.165, 1.54) is 27.8 Å². The van der Waals surface area contributed by atoms with Gasteiger partial charge in [-0.1, -0.05) is 50.3 Å². The molecule has 1 aromatic rings. The molecule has 2 saturated heterocycles. The maximum atomic E-state index is 13.6. The Morgan fingerprint density at radius 2 is 1.68 bits per heavy atom. The summed E-state index contributed by atoms with van der Waals surface area (Å²) in [4.78, 5) is 41.0. The molecule has 0 spiro atoms. The number of nitrogens with zero attached hydrogens (tertiary/aromatic N) is 2. The van der Waals surface area contributed by atoms with Crippen LogP contribution in [0.5, 0.6) is 0 Å². The van der Waals surface area contributed by atoms with Crippen LogP contribution >= 0.6 is 0 Å². The van der Waals surface area contributed by atoms with Crippen molar-refractivity contribution in [3.05, 3.63) is 30.3 Å². The monoisotopic (exact) mass is 533 g/mol. The maximum Gasteiger partial charge on any atom is 0.244 e. The number of carbonyl (C=O) groups is 3. The van der Waals surface area contributed by atoms with E-state index in [9.17, 15) is 22.8 Å². The number of hydrogen-bond donors (Lipinski definition) is 3. The molecule has 2 unspecified atom stereocenters. The van der Waals surface area contributed by atoms with Crippen molar-refractivity contribution in [3.63, 3.8) is 0 Å². The van der Waals surface area contributed by atoms with Crippen LogP contribution in [0.2, 0.25) is 0 Å². The van der Waals surface area contributed by atoms with Crippen LogP contribution < -0.4 is 16.4 Å². The molecule has 2 atom stereocenters. The molecule has 2 heterocycles. The molecular weight excluding hydrogens is 494 g/mol. The van der Waals surface area contributed by atoms with Gasteiger partial charge in [0, 0.05) is 25.6 Å². The van der Waals surface area contributed by atoms with Gasteiger partial charge in [-0.25, -0.2) is 8.42 Å². The van der Waals surface area contributed by atoms with E-state index < -0.39 is 33.9 Å². The topological polar surface area (TPSA) is 142 Å². The third-order valence-electron chi connectivity index (χ3n) is 7.95. The first kappa shape index (κ1) is 27.5.